The van der Waals surface area contributed by atoms with Gasteiger partial charge in [-0.1, -0.05) is 151 Å². The van der Waals surface area contributed by atoms with Crippen LogP contribution < -0.4 is 0 Å². The summed E-state index contributed by atoms with van der Waals surface area (Å²) in [5.41, 5.74) is 8.72. The summed E-state index contributed by atoms with van der Waals surface area (Å²) in [4.78, 5) is 46.1. The number of hydrogen-bond donors (Lipinski definition) is 0. The van der Waals surface area contributed by atoms with Gasteiger partial charge in [-0.15, -0.1) is 5.10 Å². The Bertz CT molecular complexity index is 1990. The number of aryl methyl sites for hydroxylation is 10. The molecule has 0 amide bonds. The fraction of sp³-hybridized carbons (Fsp3) is 0.417. The number of hydrogen-bond acceptors (Lipinski definition) is 18. The molecule has 0 N–H and O–H groups in total. The van der Waals surface area contributed by atoms with Crippen LogP contribution in [0.15, 0.2) is 197 Å². The van der Waals surface area contributed by atoms with E-state index in [4.69, 9.17) is 0 Å². The highest BCUT2D eigenvalue weighted by atomic mass is 15.1. The Kier molecular flexibility index (Phi) is 113. The molecule has 0 saturated carbocycles. The average Bonchev–Trinajstić information content (AvgIpc) is 3.62. The Morgan fingerprint density at radius 1 is 0.200 bits per heavy atom. The maximum atomic E-state index is 3.98. The zero-order valence-corrected chi connectivity index (χ0v) is 61.5. The van der Waals surface area contributed by atoms with E-state index < -0.39 is 0 Å². The first-order chi connectivity index (χ1) is 43.9. The minimum Gasteiger partial charge on any atom is -0.265 e. The Morgan fingerprint density at radius 3 is 0.878 bits per heavy atom. The molecule has 0 aromatic carbocycles. The van der Waals surface area contributed by atoms with Crippen molar-refractivity contribution in [2.75, 3.05) is 0 Å². The Hall–Kier alpha value is -9.06. The molecule has 0 atom stereocenters. The quantitative estimate of drug-likeness (QED) is 0.137. The standard InChI is InChI=1S/3C6H7N.6C5H6N2.C4H5N3.10C2H6/c1-6-2-4-7-5-3-6;1-6-3-2-4-7-5-6;1-6-4-2-3-5-7-6;1-5-2-6-4-7-3-5;1-5-4-6-2-3-7-5;1-5-2-3-6-4-7-5;1-5-2-3-6-7-4-5;1-5-6-3-2-4-7-5;1-5-3-2-4-6-7-5;1-4-5-2-3-6-7-4;10*1-2/h3*2-5H,1H3;6*2-4H,1H3;2-3H,1H3;10*1-2H3. The van der Waals surface area contributed by atoms with Gasteiger partial charge in [0.05, 0.1) is 23.8 Å². The summed E-state index contributed by atoms with van der Waals surface area (Å²) >= 11 is 0. The Morgan fingerprint density at radius 2 is 0.656 bits per heavy atom. The van der Waals surface area contributed by atoms with E-state index in [0.29, 0.717) is 5.82 Å². The second-order valence-corrected chi connectivity index (χ2v) is 13.9. The molecule has 0 aliphatic heterocycles. The van der Waals surface area contributed by atoms with E-state index in [1.807, 2.05) is 274 Å². The van der Waals surface area contributed by atoms with Gasteiger partial charge < -0.3 is 0 Å². The number of pyridine rings is 3. The molecule has 10 rings (SSSR count). The maximum absolute atomic E-state index is 3.98. The van der Waals surface area contributed by atoms with E-state index in [1.165, 1.54) is 23.8 Å². The molecule has 10 aromatic heterocycles. The minimum absolute atomic E-state index is 0.711. The van der Waals surface area contributed by atoms with Crippen LogP contribution in [0, 0.1) is 69.2 Å². The summed E-state index contributed by atoms with van der Waals surface area (Å²) in [7, 11) is 0. The van der Waals surface area contributed by atoms with Crippen molar-refractivity contribution in [3.63, 3.8) is 0 Å². The highest BCUT2D eigenvalue weighted by Crippen LogP contribution is 1.91. The van der Waals surface area contributed by atoms with E-state index in [0.717, 1.165) is 39.7 Å². The highest BCUT2D eigenvalue weighted by Gasteiger charge is 1.80. The second kappa shape index (κ2) is 99.0. The molecule has 10 heterocycles. The van der Waals surface area contributed by atoms with Crippen LogP contribution in [0.3, 0.4) is 0 Å². The molecule has 0 saturated heterocycles. The zero-order valence-electron chi connectivity index (χ0n) is 61.5. The zero-order chi connectivity index (χ0) is 71.1. The van der Waals surface area contributed by atoms with Crippen LogP contribution in [0.5, 0.6) is 0 Å². The van der Waals surface area contributed by atoms with Gasteiger partial charge in [0.25, 0.3) is 0 Å². The van der Waals surface area contributed by atoms with Gasteiger partial charge in [-0.25, -0.2) is 34.9 Å². The van der Waals surface area contributed by atoms with Gasteiger partial charge in [-0.3, -0.25) is 24.9 Å². The largest absolute Gasteiger partial charge is 0.265 e. The van der Waals surface area contributed by atoms with Crippen LogP contribution in [0.25, 0.3) is 0 Å². The van der Waals surface area contributed by atoms with Crippen LogP contribution in [0.4, 0.5) is 0 Å². The lowest BCUT2D eigenvalue weighted by atomic mass is 10.3. The third kappa shape index (κ3) is 95.3. The molecule has 0 aliphatic rings. The predicted octanol–water partition coefficient (Wildman–Crippen LogP) is 19.3. The van der Waals surface area contributed by atoms with Crippen LogP contribution in [0.1, 0.15) is 195 Å². The number of nitrogens with zero attached hydrogens (tertiary/aromatic N) is 18. The summed E-state index contributed by atoms with van der Waals surface area (Å²) in [5, 5.41) is 21.8. The van der Waals surface area contributed by atoms with Gasteiger partial charge in [0, 0.05) is 111 Å². The van der Waals surface area contributed by atoms with Gasteiger partial charge in [-0.2, -0.15) is 25.5 Å². The van der Waals surface area contributed by atoms with Gasteiger partial charge in [0.1, 0.15) is 24.3 Å². The smallest absolute Gasteiger partial charge is 0.147 e. The number of aromatic nitrogens is 18. The molecular formula is C72H122N18. The van der Waals surface area contributed by atoms with Crippen LogP contribution >= 0.6 is 0 Å². The molecule has 0 fully saturated rings. The number of rotatable bonds is 0. The van der Waals surface area contributed by atoms with Crippen LogP contribution in [-0.4, -0.2) is 90.4 Å². The molecule has 18 heteroatoms. The van der Waals surface area contributed by atoms with E-state index in [9.17, 15) is 0 Å². The van der Waals surface area contributed by atoms with Gasteiger partial charge in [0.2, 0.25) is 0 Å². The van der Waals surface area contributed by atoms with E-state index in [2.05, 4.69) is 90.4 Å². The Labute approximate surface area is 549 Å². The van der Waals surface area contributed by atoms with Crippen molar-refractivity contribution in [1.29, 1.82) is 0 Å². The summed E-state index contributed by atoms with van der Waals surface area (Å²) in [5.74, 6) is 1.53. The van der Waals surface area contributed by atoms with Crippen molar-refractivity contribution in [2.45, 2.75) is 208 Å². The first-order valence-corrected chi connectivity index (χ1v) is 31.5. The monoisotopic (exact) mass is 1240 g/mol. The SMILES string of the molecule is CC.CC.CC.CC.CC.CC.CC.CC.CC.CC.Cc1ccccn1.Cc1cccnc1.Cc1cccnn1.Cc1ccncc1.Cc1ccncn1.Cc1ccnnc1.Cc1cnccn1.Cc1cncnc1.Cc1ncccn1.Cc1nccnn1. The molecule has 0 unspecified atom stereocenters. The lowest BCUT2D eigenvalue weighted by Crippen LogP contribution is -1.85. The molecule has 0 bridgehead atoms. The molecule has 10 aromatic rings. The first kappa shape index (κ1) is 103. The fourth-order valence-electron chi connectivity index (χ4n) is 3.85. The molecule has 0 spiro atoms. The second-order valence-electron chi connectivity index (χ2n) is 13.9. The topological polar surface area (TPSA) is 232 Å². The summed E-state index contributed by atoms with van der Waals surface area (Å²) < 4.78 is 0. The molecular weight excluding hydrogens is 1120 g/mol. The third-order valence-corrected chi connectivity index (χ3v) is 7.31. The summed E-state index contributed by atoms with van der Waals surface area (Å²) in [6.45, 7) is 59.4. The Balaban J connectivity index is -0.0000000957. The predicted molar refractivity (Wildman–Crippen MR) is 386 cm³/mol. The summed E-state index contributed by atoms with van der Waals surface area (Å²) in [6, 6.07) is 23.1. The fourth-order valence-corrected chi connectivity index (χ4v) is 3.85. The summed E-state index contributed by atoms with van der Waals surface area (Å²) in [6.07, 6.45) is 34.0. The molecule has 0 radical (unpaired) electrons. The highest BCUT2D eigenvalue weighted by molar-refractivity contribution is 5.06. The van der Waals surface area contributed by atoms with Crippen LogP contribution in [0.2, 0.25) is 0 Å². The lowest BCUT2D eigenvalue weighted by Gasteiger charge is -1.82. The molecule has 500 valence electrons. The van der Waals surface area contributed by atoms with E-state index in [-0.39, 0.29) is 0 Å². The van der Waals surface area contributed by atoms with Crippen molar-refractivity contribution >= 4 is 0 Å². The van der Waals surface area contributed by atoms with Crippen molar-refractivity contribution in [2.24, 2.45) is 0 Å². The van der Waals surface area contributed by atoms with E-state index in [1.54, 1.807) is 118 Å². The maximum Gasteiger partial charge on any atom is 0.147 e. The molecule has 18 nitrogen and oxygen atoms in total. The van der Waals surface area contributed by atoms with Crippen LogP contribution in [-0.2, 0) is 0 Å². The lowest BCUT2D eigenvalue weighted by molar-refractivity contribution is 0.907. The van der Waals surface area contributed by atoms with Gasteiger partial charge in [0.15, 0.2) is 0 Å². The van der Waals surface area contributed by atoms with Gasteiger partial charge in [-0.05, 0) is 152 Å². The van der Waals surface area contributed by atoms with Crippen molar-refractivity contribution < 1.29 is 0 Å². The average molecular weight is 1240 g/mol. The van der Waals surface area contributed by atoms with Crippen molar-refractivity contribution in [1.82, 2.24) is 90.4 Å². The molecule has 90 heavy (non-hydrogen) atoms. The molecule has 0 aliphatic carbocycles. The third-order valence-electron chi connectivity index (χ3n) is 7.31. The van der Waals surface area contributed by atoms with E-state index >= 15 is 0 Å². The normalized spacial score (nSPS) is 7.44. The first-order valence-electron chi connectivity index (χ1n) is 31.5. The van der Waals surface area contributed by atoms with Gasteiger partial charge >= 0.3 is 0 Å². The minimum atomic E-state index is 0.711. The van der Waals surface area contributed by atoms with Crippen molar-refractivity contribution in [3.05, 3.63) is 254 Å². The van der Waals surface area contributed by atoms with Crippen molar-refractivity contribution in [3.8, 4) is 0 Å².